The number of rotatable bonds is 2. The molecule has 1 aliphatic heterocycles. The maximum atomic E-state index is 11.8. The predicted octanol–water partition coefficient (Wildman–Crippen LogP) is 2.05. The van der Waals surface area contributed by atoms with Crippen LogP contribution < -0.4 is 0 Å². The normalized spacial score (nSPS) is 18.1. The van der Waals surface area contributed by atoms with E-state index in [-0.39, 0.29) is 13.1 Å². The minimum atomic E-state index is -4.28. The van der Waals surface area contributed by atoms with Gasteiger partial charge in [-0.15, -0.1) is 0 Å². The molecule has 1 aliphatic rings. The van der Waals surface area contributed by atoms with Crippen molar-refractivity contribution < 1.29 is 17.2 Å². The van der Waals surface area contributed by atoms with Crippen molar-refractivity contribution in [1.29, 1.82) is 0 Å². The Bertz CT molecular complexity index is 236. The first kappa shape index (κ1) is 13.8. The number of hydrogen-bond acceptors (Lipinski definition) is 2. The largest absolute Gasteiger partial charge is 0.350 e. The molecule has 0 radical (unpaired) electrons. The first-order valence-electron chi connectivity index (χ1n) is 4.73. The third-order valence-corrected chi connectivity index (χ3v) is 3.19. The Morgan fingerprint density at radius 2 is 1.57 bits per heavy atom. The van der Waals surface area contributed by atoms with Gasteiger partial charge < -0.3 is 0 Å². The van der Waals surface area contributed by atoms with Crippen LogP contribution in [0.1, 0.15) is 33.1 Å². The highest BCUT2D eigenvalue weighted by Crippen LogP contribution is 2.17. The quantitative estimate of drug-likeness (QED) is 0.726. The molecule has 0 spiro atoms. The summed E-state index contributed by atoms with van der Waals surface area (Å²) in [5, 5.41) is 0. The topological polar surface area (TPSA) is 37.4 Å². The minimum Gasteiger partial charge on any atom is -0.206 e. The third-order valence-electron chi connectivity index (χ3n) is 1.65. The van der Waals surface area contributed by atoms with E-state index in [4.69, 9.17) is 0 Å². The molecule has 0 aromatic heterocycles. The van der Waals surface area contributed by atoms with Gasteiger partial charge in [-0.05, 0) is 12.8 Å². The molecule has 1 rings (SSSR count). The van der Waals surface area contributed by atoms with Crippen LogP contribution >= 0.6 is 0 Å². The summed E-state index contributed by atoms with van der Waals surface area (Å²) in [7, 11) is -4.28. The summed E-state index contributed by atoms with van der Waals surface area (Å²) in [6, 6.07) is 0. The fourth-order valence-corrected chi connectivity index (χ4v) is 2.05. The van der Waals surface area contributed by atoms with Crippen molar-refractivity contribution >= 4 is 10.0 Å². The van der Waals surface area contributed by atoms with Gasteiger partial charge in [0.2, 0.25) is 0 Å². The van der Waals surface area contributed by atoms with Crippen LogP contribution in [-0.4, -0.2) is 31.6 Å². The third kappa shape index (κ3) is 3.88. The van der Waals surface area contributed by atoms with Gasteiger partial charge >= 0.3 is 5.76 Å². The molecule has 0 N–H and O–H groups in total. The lowest BCUT2D eigenvalue weighted by Gasteiger charge is -2.13. The molecule has 6 heteroatoms. The zero-order valence-electron chi connectivity index (χ0n) is 8.54. The highest BCUT2D eigenvalue weighted by Gasteiger charge is 2.33. The van der Waals surface area contributed by atoms with E-state index in [1.807, 2.05) is 0 Å². The lowest BCUT2D eigenvalue weighted by molar-refractivity contribution is 0.222. The van der Waals surface area contributed by atoms with Crippen molar-refractivity contribution in [2.24, 2.45) is 0 Å². The lowest BCUT2D eigenvalue weighted by atomic mass is 10.4. The van der Waals surface area contributed by atoms with Gasteiger partial charge in [0.15, 0.2) is 0 Å². The second kappa shape index (κ2) is 6.29. The van der Waals surface area contributed by atoms with Crippen LogP contribution in [0.3, 0.4) is 0 Å². The highest BCUT2D eigenvalue weighted by atomic mass is 32.2. The summed E-state index contributed by atoms with van der Waals surface area (Å²) >= 11 is 0. The van der Waals surface area contributed by atoms with E-state index in [9.17, 15) is 17.2 Å². The van der Waals surface area contributed by atoms with Gasteiger partial charge in [0.25, 0.3) is 10.0 Å². The van der Waals surface area contributed by atoms with Crippen LogP contribution in [0.2, 0.25) is 0 Å². The first-order chi connectivity index (χ1) is 6.46. The van der Waals surface area contributed by atoms with E-state index < -0.39 is 15.8 Å². The number of nitrogens with zero attached hydrogens (tertiary/aromatic N) is 1. The molecule has 0 aromatic rings. The molecular weight excluding hydrogens is 212 g/mol. The standard InChI is InChI=1S/C5H9F2NO2S.C3H8/c6-5(7)11(9,10)8-3-1-2-4-8;1-3-2/h5H,1-4H2;3H2,1-2H3. The lowest BCUT2D eigenvalue weighted by Crippen LogP contribution is -2.32. The summed E-state index contributed by atoms with van der Waals surface area (Å²) in [6.07, 6.45) is 2.62. The Hall–Kier alpha value is -0.230. The Morgan fingerprint density at radius 3 is 1.86 bits per heavy atom. The second-order valence-corrected chi connectivity index (χ2v) is 5.02. The molecule has 3 nitrogen and oxygen atoms in total. The minimum absolute atomic E-state index is 0.243. The molecule has 0 aliphatic carbocycles. The van der Waals surface area contributed by atoms with E-state index in [0.717, 1.165) is 4.31 Å². The van der Waals surface area contributed by atoms with Crippen LogP contribution in [0.4, 0.5) is 8.78 Å². The molecule has 0 unspecified atom stereocenters. The van der Waals surface area contributed by atoms with Crippen LogP contribution in [-0.2, 0) is 10.0 Å². The molecule has 14 heavy (non-hydrogen) atoms. The van der Waals surface area contributed by atoms with E-state index >= 15 is 0 Å². The molecule has 1 saturated heterocycles. The number of hydrogen-bond donors (Lipinski definition) is 0. The van der Waals surface area contributed by atoms with E-state index in [1.165, 1.54) is 6.42 Å². The summed E-state index contributed by atoms with van der Waals surface area (Å²) < 4.78 is 45.9. The van der Waals surface area contributed by atoms with Crippen molar-refractivity contribution in [3.63, 3.8) is 0 Å². The summed E-state index contributed by atoms with van der Waals surface area (Å²) in [4.78, 5) is 0. The fraction of sp³-hybridized carbons (Fsp3) is 1.00. The Morgan fingerprint density at radius 1 is 1.21 bits per heavy atom. The number of alkyl halides is 2. The van der Waals surface area contributed by atoms with Gasteiger partial charge in [-0.1, -0.05) is 20.3 Å². The molecule has 0 bridgehead atoms. The van der Waals surface area contributed by atoms with Gasteiger partial charge in [0.1, 0.15) is 0 Å². The molecule has 0 aromatic carbocycles. The molecule has 1 fully saturated rings. The van der Waals surface area contributed by atoms with E-state index in [2.05, 4.69) is 13.8 Å². The van der Waals surface area contributed by atoms with Gasteiger partial charge in [0.05, 0.1) is 0 Å². The maximum Gasteiger partial charge on any atom is 0.350 e. The predicted molar refractivity (Wildman–Crippen MR) is 51.7 cm³/mol. The average molecular weight is 229 g/mol. The second-order valence-electron chi connectivity index (χ2n) is 3.12. The highest BCUT2D eigenvalue weighted by molar-refractivity contribution is 7.89. The average Bonchev–Trinajstić information content (AvgIpc) is 2.57. The van der Waals surface area contributed by atoms with Gasteiger partial charge in [0, 0.05) is 13.1 Å². The molecule has 0 saturated carbocycles. The molecule has 0 atom stereocenters. The molecule has 1 heterocycles. The number of halogens is 2. The maximum absolute atomic E-state index is 11.8. The van der Waals surface area contributed by atoms with Gasteiger partial charge in [-0.2, -0.15) is 13.1 Å². The van der Waals surface area contributed by atoms with Crippen molar-refractivity contribution in [3.05, 3.63) is 0 Å². The molecule has 86 valence electrons. The Labute approximate surface area is 84.1 Å². The summed E-state index contributed by atoms with van der Waals surface area (Å²) in [5.41, 5.74) is 0. The summed E-state index contributed by atoms with van der Waals surface area (Å²) in [5.74, 6) is -3.26. The Kier molecular flexibility index (Phi) is 6.19. The van der Waals surface area contributed by atoms with Crippen molar-refractivity contribution in [3.8, 4) is 0 Å². The van der Waals surface area contributed by atoms with E-state index in [1.54, 1.807) is 0 Å². The van der Waals surface area contributed by atoms with Crippen molar-refractivity contribution in [2.75, 3.05) is 13.1 Å². The van der Waals surface area contributed by atoms with Crippen LogP contribution in [0, 0.1) is 0 Å². The summed E-state index contributed by atoms with van der Waals surface area (Å²) in [6.45, 7) is 4.74. The van der Waals surface area contributed by atoms with Crippen LogP contribution in [0.15, 0.2) is 0 Å². The van der Waals surface area contributed by atoms with Crippen LogP contribution in [0.5, 0.6) is 0 Å². The molecular formula is C8H17F2NO2S. The SMILES string of the molecule is CCC.O=S(=O)(C(F)F)N1CCCC1. The Balaban J connectivity index is 0.000000500. The number of sulfonamides is 1. The van der Waals surface area contributed by atoms with Crippen molar-refractivity contribution in [2.45, 2.75) is 38.9 Å². The van der Waals surface area contributed by atoms with Gasteiger partial charge in [-0.3, -0.25) is 0 Å². The zero-order valence-corrected chi connectivity index (χ0v) is 9.36. The van der Waals surface area contributed by atoms with E-state index in [0.29, 0.717) is 12.8 Å². The van der Waals surface area contributed by atoms with Crippen molar-refractivity contribution in [1.82, 2.24) is 4.31 Å². The van der Waals surface area contributed by atoms with Gasteiger partial charge in [-0.25, -0.2) is 8.42 Å². The van der Waals surface area contributed by atoms with Crippen LogP contribution in [0.25, 0.3) is 0 Å². The zero-order chi connectivity index (χ0) is 11.2. The fourth-order valence-electron chi connectivity index (χ4n) is 1.06. The monoisotopic (exact) mass is 229 g/mol. The first-order valence-corrected chi connectivity index (χ1v) is 6.24. The smallest absolute Gasteiger partial charge is 0.206 e. The molecule has 0 amide bonds.